The van der Waals surface area contributed by atoms with Crippen LogP contribution in [0.25, 0.3) is 0 Å². The number of benzene rings is 1. The second-order valence-corrected chi connectivity index (χ2v) is 4.31. The fourth-order valence-corrected chi connectivity index (χ4v) is 1.70. The molecule has 0 unspecified atom stereocenters. The lowest BCUT2D eigenvalue weighted by molar-refractivity contribution is -0.134. The van der Waals surface area contributed by atoms with Crippen molar-refractivity contribution in [1.29, 1.82) is 0 Å². The number of esters is 1. The summed E-state index contributed by atoms with van der Waals surface area (Å²) in [6.45, 7) is 5.90. The predicted molar refractivity (Wildman–Crippen MR) is 73.8 cm³/mol. The molecule has 0 radical (unpaired) electrons. The summed E-state index contributed by atoms with van der Waals surface area (Å²) >= 11 is 0. The van der Waals surface area contributed by atoms with E-state index in [0.29, 0.717) is 13.1 Å². The Kier molecular flexibility index (Phi) is 5.49. The molecule has 0 heterocycles. The molecule has 1 amide bonds. The van der Waals surface area contributed by atoms with Crippen molar-refractivity contribution in [2.45, 2.75) is 20.8 Å². The van der Waals surface area contributed by atoms with Gasteiger partial charge in [0.15, 0.2) is 6.61 Å². The number of ether oxygens (including phenoxy) is 1. The largest absolute Gasteiger partial charge is 0.452 e. The van der Waals surface area contributed by atoms with Gasteiger partial charge in [-0.2, -0.15) is 0 Å². The fraction of sp³-hybridized carbons (Fsp3) is 0.429. The minimum Gasteiger partial charge on any atom is -0.452 e. The summed E-state index contributed by atoms with van der Waals surface area (Å²) in [5.41, 5.74) is 6.03. The maximum absolute atomic E-state index is 13.5. The van der Waals surface area contributed by atoms with Gasteiger partial charge in [-0.05, 0) is 32.9 Å². The second kappa shape index (κ2) is 6.88. The van der Waals surface area contributed by atoms with Gasteiger partial charge in [-0.1, -0.05) is 0 Å². The number of nitrogens with zero attached hydrogens (tertiary/aromatic N) is 1. The third-order valence-electron chi connectivity index (χ3n) is 3.06. The van der Waals surface area contributed by atoms with Gasteiger partial charge in [0.2, 0.25) is 0 Å². The Morgan fingerprint density at radius 3 is 2.40 bits per heavy atom. The SMILES string of the molecule is CCN(CC)C(=O)COC(=O)c1cc(N)c(C)c(F)c1. The molecule has 0 atom stereocenters. The number of halogens is 1. The van der Waals surface area contributed by atoms with Crippen LogP contribution in [0.5, 0.6) is 0 Å². The zero-order valence-electron chi connectivity index (χ0n) is 11.9. The standard InChI is InChI=1S/C14H19FN2O3/c1-4-17(5-2)13(18)8-20-14(19)10-6-11(15)9(3)12(16)7-10/h6-7H,4-5,8,16H2,1-3H3. The van der Waals surface area contributed by atoms with Gasteiger partial charge in [-0.3, -0.25) is 4.79 Å². The van der Waals surface area contributed by atoms with Gasteiger partial charge in [-0.15, -0.1) is 0 Å². The van der Waals surface area contributed by atoms with E-state index in [2.05, 4.69) is 0 Å². The zero-order valence-corrected chi connectivity index (χ0v) is 11.9. The molecule has 1 rings (SSSR count). The predicted octanol–water partition coefficient (Wildman–Crippen LogP) is 1.74. The molecule has 110 valence electrons. The van der Waals surface area contributed by atoms with Crippen molar-refractivity contribution >= 4 is 17.6 Å². The molecule has 0 bridgehead atoms. The van der Waals surface area contributed by atoms with Crippen LogP contribution in [0.3, 0.4) is 0 Å². The lowest BCUT2D eigenvalue weighted by Crippen LogP contribution is -2.34. The lowest BCUT2D eigenvalue weighted by atomic mass is 10.1. The molecule has 20 heavy (non-hydrogen) atoms. The van der Waals surface area contributed by atoms with E-state index in [9.17, 15) is 14.0 Å². The van der Waals surface area contributed by atoms with Crippen LogP contribution in [0, 0.1) is 12.7 Å². The first-order valence-corrected chi connectivity index (χ1v) is 6.41. The van der Waals surface area contributed by atoms with Gasteiger partial charge in [-0.25, -0.2) is 9.18 Å². The van der Waals surface area contributed by atoms with E-state index in [-0.39, 0.29) is 29.3 Å². The van der Waals surface area contributed by atoms with Crippen molar-refractivity contribution in [3.05, 3.63) is 29.1 Å². The average molecular weight is 282 g/mol. The molecule has 1 aromatic carbocycles. The van der Waals surface area contributed by atoms with Crippen LogP contribution >= 0.6 is 0 Å². The minimum absolute atomic E-state index is 0.00190. The monoisotopic (exact) mass is 282 g/mol. The molecular weight excluding hydrogens is 263 g/mol. The summed E-state index contributed by atoms with van der Waals surface area (Å²) in [6.07, 6.45) is 0. The Morgan fingerprint density at radius 1 is 1.30 bits per heavy atom. The Labute approximate surface area is 117 Å². The van der Waals surface area contributed by atoms with Crippen LogP contribution in [-0.2, 0) is 9.53 Å². The highest BCUT2D eigenvalue weighted by Crippen LogP contribution is 2.18. The Hall–Kier alpha value is -2.11. The van der Waals surface area contributed by atoms with Crippen molar-refractivity contribution in [3.63, 3.8) is 0 Å². The summed E-state index contributed by atoms with van der Waals surface area (Å²) in [5, 5.41) is 0. The topological polar surface area (TPSA) is 72.6 Å². The summed E-state index contributed by atoms with van der Waals surface area (Å²) in [7, 11) is 0. The number of likely N-dealkylation sites (N-methyl/N-ethyl adjacent to an activating group) is 1. The number of carbonyl (C=O) groups is 2. The summed E-state index contributed by atoms with van der Waals surface area (Å²) in [5.74, 6) is -1.63. The van der Waals surface area contributed by atoms with E-state index < -0.39 is 11.8 Å². The van der Waals surface area contributed by atoms with Gasteiger partial charge in [0, 0.05) is 24.3 Å². The summed E-state index contributed by atoms with van der Waals surface area (Å²) in [6, 6.07) is 2.39. The molecule has 0 aliphatic carbocycles. The molecule has 0 aliphatic heterocycles. The van der Waals surface area contributed by atoms with Crippen molar-refractivity contribution < 1.29 is 18.7 Å². The molecule has 0 saturated heterocycles. The highest BCUT2D eigenvalue weighted by atomic mass is 19.1. The van der Waals surface area contributed by atoms with Crippen LogP contribution in [0.15, 0.2) is 12.1 Å². The number of hydrogen-bond acceptors (Lipinski definition) is 4. The fourth-order valence-electron chi connectivity index (χ4n) is 1.70. The van der Waals surface area contributed by atoms with E-state index in [1.807, 2.05) is 13.8 Å². The molecule has 0 fully saturated rings. The van der Waals surface area contributed by atoms with Crippen LogP contribution in [-0.4, -0.2) is 36.5 Å². The maximum atomic E-state index is 13.5. The van der Waals surface area contributed by atoms with Crippen molar-refractivity contribution in [2.75, 3.05) is 25.4 Å². The number of nitrogens with two attached hydrogens (primary N) is 1. The normalized spacial score (nSPS) is 10.2. The first kappa shape index (κ1) is 15.9. The van der Waals surface area contributed by atoms with E-state index in [1.165, 1.54) is 17.9 Å². The van der Waals surface area contributed by atoms with Crippen LogP contribution in [0.2, 0.25) is 0 Å². The molecule has 5 nitrogen and oxygen atoms in total. The Balaban J connectivity index is 2.71. The first-order chi connectivity index (χ1) is 9.40. The van der Waals surface area contributed by atoms with E-state index in [0.717, 1.165) is 6.07 Å². The lowest BCUT2D eigenvalue weighted by Gasteiger charge is -2.18. The van der Waals surface area contributed by atoms with E-state index in [4.69, 9.17) is 10.5 Å². The van der Waals surface area contributed by atoms with Gasteiger partial charge >= 0.3 is 5.97 Å². The second-order valence-electron chi connectivity index (χ2n) is 4.31. The Bertz CT molecular complexity index is 490. The number of anilines is 1. The molecule has 0 saturated carbocycles. The average Bonchev–Trinajstić information content (AvgIpc) is 2.42. The molecule has 1 aromatic rings. The molecule has 0 spiro atoms. The Morgan fingerprint density at radius 2 is 1.90 bits per heavy atom. The molecular formula is C14H19FN2O3. The molecule has 6 heteroatoms. The minimum atomic E-state index is -0.767. The highest BCUT2D eigenvalue weighted by molar-refractivity contribution is 5.92. The molecule has 2 N–H and O–H groups in total. The van der Waals surface area contributed by atoms with Gasteiger partial charge in [0.05, 0.1) is 5.56 Å². The number of amides is 1. The number of hydrogen-bond donors (Lipinski definition) is 1. The van der Waals surface area contributed by atoms with E-state index >= 15 is 0 Å². The van der Waals surface area contributed by atoms with Gasteiger partial charge < -0.3 is 15.4 Å². The van der Waals surface area contributed by atoms with Crippen molar-refractivity contribution in [1.82, 2.24) is 4.90 Å². The van der Waals surface area contributed by atoms with Crippen LogP contribution in [0.4, 0.5) is 10.1 Å². The molecule has 0 aromatic heterocycles. The summed E-state index contributed by atoms with van der Waals surface area (Å²) < 4.78 is 18.3. The summed E-state index contributed by atoms with van der Waals surface area (Å²) in [4.78, 5) is 25.0. The third kappa shape index (κ3) is 3.69. The zero-order chi connectivity index (χ0) is 15.3. The van der Waals surface area contributed by atoms with Crippen LogP contribution in [0.1, 0.15) is 29.8 Å². The quantitative estimate of drug-likeness (QED) is 0.659. The first-order valence-electron chi connectivity index (χ1n) is 6.41. The maximum Gasteiger partial charge on any atom is 0.338 e. The van der Waals surface area contributed by atoms with Crippen molar-refractivity contribution in [2.24, 2.45) is 0 Å². The molecule has 0 aliphatic rings. The van der Waals surface area contributed by atoms with Gasteiger partial charge in [0.25, 0.3) is 5.91 Å². The van der Waals surface area contributed by atoms with Crippen LogP contribution < -0.4 is 5.73 Å². The van der Waals surface area contributed by atoms with Gasteiger partial charge in [0.1, 0.15) is 5.82 Å². The third-order valence-corrected chi connectivity index (χ3v) is 3.06. The highest BCUT2D eigenvalue weighted by Gasteiger charge is 2.16. The smallest absolute Gasteiger partial charge is 0.338 e. The van der Waals surface area contributed by atoms with E-state index in [1.54, 1.807) is 0 Å². The van der Waals surface area contributed by atoms with Crippen molar-refractivity contribution in [3.8, 4) is 0 Å². The number of rotatable bonds is 5. The number of nitrogen functional groups attached to an aromatic ring is 1. The number of carbonyl (C=O) groups excluding carboxylic acids is 2.